The molecule has 1 aliphatic rings. The molecule has 0 saturated heterocycles. The molecule has 5 N–H and O–H groups in total. The first-order valence-electron chi connectivity index (χ1n) is 9.51. The number of carbonyl (C=O) groups excluding carboxylic acids is 1. The van der Waals surface area contributed by atoms with E-state index in [0.717, 1.165) is 41.3 Å². The maximum absolute atomic E-state index is 12.8. The van der Waals surface area contributed by atoms with E-state index in [-0.39, 0.29) is 27.3 Å². The number of fused-ring (bicyclic) bond motifs is 3. The number of aryl methyl sites for hydroxylation is 1. The number of anilines is 1. The first-order chi connectivity index (χ1) is 14.6. The van der Waals surface area contributed by atoms with Gasteiger partial charge in [-0.15, -0.1) is 11.3 Å². The van der Waals surface area contributed by atoms with Crippen LogP contribution in [0.15, 0.2) is 39.1 Å². The van der Waals surface area contributed by atoms with Crippen LogP contribution in [0.2, 0.25) is 0 Å². The number of hydrogen-bond donors (Lipinski definition) is 3. The van der Waals surface area contributed by atoms with Gasteiger partial charge in [0, 0.05) is 10.6 Å². The molecule has 0 fully saturated rings. The van der Waals surface area contributed by atoms with Gasteiger partial charge in [-0.2, -0.15) is 0 Å². The standard InChI is InChI=1S/C19H21N5O4S3/c1-10-2-7-13-14(8-10)30-17-16(13)18(26)24(20)19(23-17)29-9-15(25)22-11-3-5-12(6-4-11)31(21,27)28/h3-6,10H,2,7-9,20H2,1H3,(H,22,25)(H2,21,27,28)/t10-/m0/s1. The minimum Gasteiger partial charge on any atom is -0.334 e. The zero-order chi connectivity index (χ0) is 22.3. The summed E-state index contributed by atoms with van der Waals surface area (Å²) < 4.78 is 23.6. The van der Waals surface area contributed by atoms with E-state index in [1.54, 1.807) is 0 Å². The minimum atomic E-state index is -3.80. The highest BCUT2D eigenvalue weighted by Crippen LogP contribution is 2.36. The quantitative estimate of drug-likeness (QED) is 0.286. The average molecular weight is 480 g/mol. The molecule has 0 spiro atoms. The van der Waals surface area contributed by atoms with Gasteiger partial charge in [-0.05, 0) is 55.0 Å². The lowest BCUT2D eigenvalue weighted by molar-refractivity contribution is -0.113. The van der Waals surface area contributed by atoms with Crippen molar-refractivity contribution in [3.63, 3.8) is 0 Å². The van der Waals surface area contributed by atoms with Gasteiger partial charge in [0.15, 0.2) is 5.16 Å². The number of nitrogens with zero attached hydrogens (tertiary/aromatic N) is 2. The second-order valence-electron chi connectivity index (χ2n) is 7.51. The van der Waals surface area contributed by atoms with Crippen molar-refractivity contribution in [2.24, 2.45) is 11.1 Å². The fraction of sp³-hybridized carbons (Fsp3) is 0.316. The van der Waals surface area contributed by atoms with Crippen molar-refractivity contribution in [2.75, 3.05) is 16.9 Å². The maximum Gasteiger partial charge on any atom is 0.281 e. The normalized spacial score (nSPS) is 16.3. The lowest BCUT2D eigenvalue weighted by Crippen LogP contribution is -2.30. The van der Waals surface area contributed by atoms with Crippen LogP contribution in [0.1, 0.15) is 23.8 Å². The van der Waals surface area contributed by atoms with E-state index in [2.05, 4.69) is 17.2 Å². The second kappa shape index (κ2) is 8.26. The van der Waals surface area contributed by atoms with Crippen LogP contribution in [0, 0.1) is 5.92 Å². The topological polar surface area (TPSA) is 150 Å². The molecule has 1 amide bonds. The summed E-state index contributed by atoms with van der Waals surface area (Å²) >= 11 is 2.59. The molecule has 164 valence electrons. The van der Waals surface area contributed by atoms with Gasteiger partial charge in [0.1, 0.15) is 4.83 Å². The number of nitrogen functional groups attached to an aromatic ring is 1. The Morgan fingerprint density at radius 1 is 1.35 bits per heavy atom. The Labute approximate surface area is 186 Å². The predicted octanol–water partition coefficient (Wildman–Crippen LogP) is 1.67. The Morgan fingerprint density at radius 3 is 2.74 bits per heavy atom. The van der Waals surface area contributed by atoms with E-state index < -0.39 is 10.0 Å². The smallest absolute Gasteiger partial charge is 0.281 e. The summed E-state index contributed by atoms with van der Waals surface area (Å²) in [5, 5.41) is 8.58. The molecule has 0 bridgehead atoms. The number of rotatable bonds is 5. The van der Waals surface area contributed by atoms with Crippen molar-refractivity contribution < 1.29 is 13.2 Å². The number of aromatic nitrogens is 2. The molecule has 9 nitrogen and oxygen atoms in total. The molecule has 2 aromatic heterocycles. The lowest BCUT2D eigenvalue weighted by Gasteiger charge is -2.17. The number of amides is 1. The van der Waals surface area contributed by atoms with Crippen molar-refractivity contribution in [1.29, 1.82) is 0 Å². The van der Waals surface area contributed by atoms with Crippen molar-refractivity contribution in [1.82, 2.24) is 9.66 Å². The molecule has 1 aromatic carbocycles. The van der Waals surface area contributed by atoms with Gasteiger partial charge in [-0.1, -0.05) is 18.7 Å². The Kier molecular flexibility index (Phi) is 5.81. The number of thioether (sulfide) groups is 1. The number of carbonyl (C=O) groups is 1. The van der Waals surface area contributed by atoms with Crippen molar-refractivity contribution in [2.45, 2.75) is 36.2 Å². The van der Waals surface area contributed by atoms with E-state index in [0.29, 0.717) is 21.8 Å². The van der Waals surface area contributed by atoms with Gasteiger partial charge in [0.25, 0.3) is 5.56 Å². The van der Waals surface area contributed by atoms with E-state index in [1.165, 1.54) is 40.5 Å². The molecule has 0 saturated carbocycles. The highest BCUT2D eigenvalue weighted by molar-refractivity contribution is 7.99. The zero-order valence-corrected chi connectivity index (χ0v) is 19.1. The molecule has 1 atom stereocenters. The Bertz CT molecular complexity index is 1330. The SMILES string of the molecule is C[C@H]1CCc2c(sc3nc(SCC(=O)Nc4ccc(S(N)(=O)=O)cc4)n(N)c(=O)c23)C1. The largest absolute Gasteiger partial charge is 0.334 e. The van der Waals surface area contributed by atoms with Gasteiger partial charge in [0.05, 0.1) is 16.0 Å². The van der Waals surface area contributed by atoms with E-state index in [1.807, 2.05) is 0 Å². The third kappa shape index (κ3) is 4.47. The van der Waals surface area contributed by atoms with Gasteiger partial charge >= 0.3 is 0 Å². The number of nitrogens with two attached hydrogens (primary N) is 2. The third-order valence-electron chi connectivity index (χ3n) is 5.13. The van der Waals surface area contributed by atoms with Crippen LogP contribution in [0.3, 0.4) is 0 Å². The molecule has 0 unspecified atom stereocenters. The molecule has 3 aromatic rings. The van der Waals surface area contributed by atoms with E-state index >= 15 is 0 Å². The van der Waals surface area contributed by atoms with Gasteiger partial charge in [0.2, 0.25) is 15.9 Å². The number of benzene rings is 1. The first-order valence-corrected chi connectivity index (χ1v) is 12.9. The Morgan fingerprint density at radius 2 is 2.06 bits per heavy atom. The molecule has 0 aliphatic heterocycles. The van der Waals surface area contributed by atoms with Crippen LogP contribution in [0.25, 0.3) is 10.2 Å². The monoisotopic (exact) mass is 479 g/mol. The van der Waals surface area contributed by atoms with Crippen molar-refractivity contribution >= 4 is 54.9 Å². The summed E-state index contributed by atoms with van der Waals surface area (Å²) in [6.45, 7) is 2.20. The second-order valence-corrected chi connectivity index (χ2v) is 11.1. The fourth-order valence-electron chi connectivity index (χ4n) is 3.54. The number of sulfonamides is 1. The number of nitrogens with one attached hydrogen (secondary N) is 1. The minimum absolute atomic E-state index is 0.0196. The average Bonchev–Trinajstić information content (AvgIpc) is 3.06. The molecule has 0 radical (unpaired) electrons. The summed E-state index contributed by atoms with van der Waals surface area (Å²) in [5.41, 5.74) is 1.19. The molecule has 12 heteroatoms. The summed E-state index contributed by atoms with van der Waals surface area (Å²) in [6, 6.07) is 5.51. The Balaban J connectivity index is 1.49. The molecule has 31 heavy (non-hydrogen) atoms. The van der Waals surface area contributed by atoms with Crippen LogP contribution in [0.5, 0.6) is 0 Å². The predicted molar refractivity (Wildman–Crippen MR) is 122 cm³/mol. The summed E-state index contributed by atoms with van der Waals surface area (Å²) in [7, 11) is -3.80. The van der Waals surface area contributed by atoms with Gasteiger partial charge in [-0.3, -0.25) is 9.59 Å². The zero-order valence-electron chi connectivity index (χ0n) is 16.6. The van der Waals surface area contributed by atoms with Crippen LogP contribution in [0.4, 0.5) is 5.69 Å². The maximum atomic E-state index is 12.8. The third-order valence-corrected chi connectivity index (χ3v) is 8.16. The summed E-state index contributed by atoms with van der Waals surface area (Å²) in [5.74, 6) is 6.21. The van der Waals surface area contributed by atoms with Crippen molar-refractivity contribution in [3.05, 3.63) is 45.1 Å². The highest BCUT2D eigenvalue weighted by atomic mass is 32.2. The fourth-order valence-corrected chi connectivity index (χ4v) is 6.20. The van der Waals surface area contributed by atoms with E-state index in [9.17, 15) is 18.0 Å². The molecular formula is C19H21N5O4S3. The van der Waals surface area contributed by atoms with Crippen LogP contribution in [-0.2, 0) is 27.7 Å². The first kappa shape index (κ1) is 21.8. The summed E-state index contributed by atoms with van der Waals surface area (Å²) in [6.07, 6.45) is 2.83. The summed E-state index contributed by atoms with van der Waals surface area (Å²) in [4.78, 5) is 31.5. The molecular weight excluding hydrogens is 458 g/mol. The van der Waals surface area contributed by atoms with Crippen molar-refractivity contribution in [3.8, 4) is 0 Å². The molecule has 2 heterocycles. The highest BCUT2D eigenvalue weighted by Gasteiger charge is 2.24. The van der Waals surface area contributed by atoms with Crippen LogP contribution >= 0.6 is 23.1 Å². The number of primary sulfonamides is 1. The number of thiophene rings is 1. The van der Waals surface area contributed by atoms with Crippen LogP contribution < -0.4 is 21.9 Å². The molecule has 4 rings (SSSR count). The Hall–Kier alpha value is -2.41. The van der Waals surface area contributed by atoms with Gasteiger partial charge < -0.3 is 11.2 Å². The van der Waals surface area contributed by atoms with Gasteiger partial charge in [-0.25, -0.2) is 23.2 Å². The molecule has 1 aliphatic carbocycles. The number of hydrogen-bond acceptors (Lipinski definition) is 8. The van der Waals surface area contributed by atoms with E-state index in [4.69, 9.17) is 11.0 Å². The van der Waals surface area contributed by atoms with Crippen LogP contribution in [-0.4, -0.2) is 29.7 Å². The lowest BCUT2D eigenvalue weighted by atomic mass is 9.89.